The number of piperazine rings is 1. The van der Waals surface area contributed by atoms with E-state index in [1.807, 2.05) is 19.1 Å². The molecule has 1 aromatic carbocycles. The monoisotopic (exact) mass is 475 g/mol. The first-order valence-corrected chi connectivity index (χ1v) is 12.9. The molecule has 2 aliphatic carbocycles. The van der Waals surface area contributed by atoms with Gasteiger partial charge in [0.2, 0.25) is 11.8 Å². The first kappa shape index (κ1) is 24.5. The molecular weight excluding hydrogens is 438 g/mol. The summed E-state index contributed by atoms with van der Waals surface area (Å²) >= 11 is 6.43. The summed E-state index contributed by atoms with van der Waals surface area (Å²) in [6.07, 6.45) is 6.79. The predicted octanol–water partition coefficient (Wildman–Crippen LogP) is 4.36. The third-order valence-corrected chi connectivity index (χ3v) is 7.85. The van der Waals surface area contributed by atoms with E-state index in [0.717, 1.165) is 68.7 Å². The van der Waals surface area contributed by atoms with E-state index < -0.39 is 0 Å². The molecule has 7 heteroatoms. The van der Waals surface area contributed by atoms with Crippen molar-refractivity contribution < 1.29 is 14.7 Å². The SMILES string of the molecule is Cc1c(CN2CCN(C(=O)CC3CC3)[C@@H](C)C2)cc(Cl)cc1NC(=O)C[C@H]1CC[C@@H](O)CC1. The van der Waals surface area contributed by atoms with E-state index in [2.05, 4.69) is 22.0 Å². The second-order valence-corrected chi connectivity index (χ2v) is 10.9. The van der Waals surface area contributed by atoms with Crippen LogP contribution in [0.15, 0.2) is 12.1 Å². The molecule has 33 heavy (non-hydrogen) atoms. The number of hydrogen-bond donors (Lipinski definition) is 2. The molecule has 3 fully saturated rings. The number of halogens is 1. The maximum absolute atomic E-state index is 12.7. The Morgan fingerprint density at radius 2 is 1.73 bits per heavy atom. The lowest BCUT2D eigenvalue weighted by molar-refractivity contribution is -0.136. The zero-order chi connectivity index (χ0) is 23.5. The lowest BCUT2D eigenvalue weighted by atomic mass is 9.85. The van der Waals surface area contributed by atoms with Gasteiger partial charge in [-0.1, -0.05) is 11.6 Å². The Bertz CT molecular complexity index is 865. The molecule has 182 valence electrons. The highest BCUT2D eigenvalue weighted by molar-refractivity contribution is 6.31. The summed E-state index contributed by atoms with van der Waals surface area (Å²) in [5.41, 5.74) is 2.94. The highest BCUT2D eigenvalue weighted by Crippen LogP contribution is 2.34. The van der Waals surface area contributed by atoms with Crippen molar-refractivity contribution in [3.05, 3.63) is 28.3 Å². The quantitative estimate of drug-likeness (QED) is 0.614. The molecule has 0 bridgehead atoms. The summed E-state index contributed by atoms with van der Waals surface area (Å²) in [6.45, 7) is 7.39. The van der Waals surface area contributed by atoms with Gasteiger partial charge in [-0.3, -0.25) is 14.5 Å². The maximum Gasteiger partial charge on any atom is 0.224 e. The van der Waals surface area contributed by atoms with E-state index in [1.165, 1.54) is 12.8 Å². The molecule has 2 amide bonds. The average Bonchev–Trinajstić information content (AvgIpc) is 3.57. The van der Waals surface area contributed by atoms with Crippen molar-refractivity contribution in [2.24, 2.45) is 11.8 Å². The predicted molar refractivity (Wildman–Crippen MR) is 131 cm³/mol. The van der Waals surface area contributed by atoms with Crippen molar-refractivity contribution in [1.29, 1.82) is 0 Å². The summed E-state index contributed by atoms with van der Waals surface area (Å²) in [4.78, 5) is 29.7. The average molecular weight is 476 g/mol. The third-order valence-electron chi connectivity index (χ3n) is 7.63. The maximum atomic E-state index is 12.7. The van der Waals surface area contributed by atoms with Crippen LogP contribution in [0.2, 0.25) is 5.02 Å². The minimum atomic E-state index is -0.206. The van der Waals surface area contributed by atoms with Gasteiger partial charge in [0, 0.05) is 55.8 Å². The number of amides is 2. The number of rotatable bonds is 7. The zero-order valence-corrected chi connectivity index (χ0v) is 20.7. The summed E-state index contributed by atoms with van der Waals surface area (Å²) in [5.74, 6) is 1.29. The molecule has 6 nitrogen and oxygen atoms in total. The third kappa shape index (κ3) is 6.71. The first-order chi connectivity index (χ1) is 15.8. The number of aliphatic hydroxyl groups excluding tert-OH is 1. The number of benzene rings is 1. The zero-order valence-electron chi connectivity index (χ0n) is 20.0. The van der Waals surface area contributed by atoms with Crippen molar-refractivity contribution in [3.63, 3.8) is 0 Å². The van der Waals surface area contributed by atoms with Gasteiger partial charge in [-0.2, -0.15) is 0 Å². The van der Waals surface area contributed by atoms with Gasteiger partial charge in [-0.15, -0.1) is 0 Å². The number of hydrogen-bond acceptors (Lipinski definition) is 4. The van der Waals surface area contributed by atoms with Crippen molar-refractivity contribution in [1.82, 2.24) is 9.80 Å². The summed E-state index contributed by atoms with van der Waals surface area (Å²) in [6, 6.07) is 4.03. The Hall–Kier alpha value is -1.63. The second-order valence-electron chi connectivity index (χ2n) is 10.5. The first-order valence-electron chi connectivity index (χ1n) is 12.6. The molecular formula is C26H38ClN3O3. The molecule has 0 aromatic heterocycles. The highest BCUT2D eigenvalue weighted by atomic mass is 35.5. The van der Waals surface area contributed by atoms with Crippen molar-refractivity contribution in [3.8, 4) is 0 Å². The number of nitrogens with zero attached hydrogens (tertiary/aromatic N) is 2. The van der Waals surface area contributed by atoms with Crippen molar-refractivity contribution in [2.75, 3.05) is 25.0 Å². The van der Waals surface area contributed by atoms with Crippen LogP contribution in [0.4, 0.5) is 5.69 Å². The summed E-state index contributed by atoms with van der Waals surface area (Å²) in [7, 11) is 0. The van der Waals surface area contributed by atoms with Gasteiger partial charge in [0.15, 0.2) is 0 Å². The van der Waals surface area contributed by atoms with E-state index in [1.54, 1.807) is 0 Å². The molecule has 2 N–H and O–H groups in total. The highest BCUT2D eigenvalue weighted by Gasteiger charge is 2.32. The lowest BCUT2D eigenvalue weighted by Gasteiger charge is -2.40. The van der Waals surface area contributed by atoms with Crippen LogP contribution in [0, 0.1) is 18.8 Å². The standard InChI is InChI=1S/C26H38ClN3O3/c1-17-15-29(9-10-30(17)26(33)12-20-3-4-20)16-21-13-22(27)14-24(18(21)2)28-25(32)11-19-5-7-23(31)8-6-19/h13-14,17,19-20,23,31H,3-12,15-16H2,1-2H3,(H,28,32)/t17-,19-,23+/m0/s1. The molecule has 1 atom stereocenters. The van der Waals surface area contributed by atoms with Crippen LogP contribution in [-0.2, 0) is 16.1 Å². The number of carbonyl (C=O) groups excluding carboxylic acids is 2. The topological polar surface area (TPSA) is 72.9 Å². The smallest absolute Gasteiger partial charge is 0.224 e. The largest absolute Gasteiger partial charge is 0.393 e. The van der Waals surface area contributed by atoms with Gasteiger partial charge in [-0.25, -0.2) is 0 Å². The Kier molecular flexibility index (Phi) is 7.98. The molecule has 1 aromatic rings. The number of anilines is 1. The molecule has 0 radical (unpaired) electrons. The second kappa shape index (κ2) is 10.7. The van der Waals surface area contributed by atoms with E-state index in [4.69, 9.17) is 11.6 Å². The molecule has 4 rings (SSSR count). The number of nitrogens with one attached hydrogen (secondary N) is 1. The Labute approximate surface area is 202 Å². The normalized spacial score (nSPS) is 26.3. The van der Waals surface area contributed by atoms with Crippen LogP contribution < -0.4 is 5.32 Å². The molecule has 1 heterocycles. The van der Waals surface area contributed by atoms with E-state index in [9.17, 15) is 14.7 Å². The van der Waals surface area contributed by atoms with Crippen molar-refractivity contribution >= 4 is 29.1 Å². The minimum Gasteiger partial charge on any atom is -0.393 e. The van der Waals surface area contributed by atoms with Gasteiger partial charge in [0.1, 0.15) is 0 Å². The van der Waals surface area contributed by atoms with Crippen molar-refractivity contribution in [2.45, 2.75) is 83.9 Å². The molecule has 1 saturated heterocycles. The van der Waals surface area contributed by atoms with Crippen LogP contribution in [0.25, 0.3) is 0 Å². The summed E-state index contributed by atoms with van der Waals surface area (Å²) < 4.78 is 0. The van der Waals surface area contributed by atoms with Gasteiger partial charge < -0.3 is 15.3 Å². The molecule has 3 aliphatic rings. The fraction of sp³-hybridized carbons (Fsp3) is 0.692. The van der Waals surface area contributed by atoms with E-state index in [0.29, 0.717) is 35.6 Å². The Balaban J connectivity index is 1.33. The van der Waals surface area contributed by atoms with Crippen LogP contribution in [-0.4, -0.2) is 58.5 Å². The fourth-order valence-electron chi connectivity index (χ4n) is 5.32. The minimum absolute atomic E-state index is 0.0177. The van der Waals surface area contributed by atoms with Gasteiger partial charge >= 0.3 is 0 Å². The van der Waals surface area contributed by atoms with Gasteiger partial charge in [-0.05, 0) is 87.5 Å². The van der Waals surface area contributed by atoms with Crippen LogP contribution in [0.5, 0.6) is 0 Å². The Morgan fingerprint density at radius 1 is 1.06 bits per heavy atom. The van der Waals surface area contributed by atoms with E-state index >= 15 is 0 Å². The molecule has 0 spiro atoms. The lowest BCUT2D eigenvalue weighted by Crippen LogP contribution is -2.53. The van der Waals surface area contributed by atoms with Gasteiger partial charge in [0.05, 0.1) is 6.10 Å². The van der Waals surface area contributed by atoms with Gasteiger partial charge in [0.25, 0.3) is 0 Å². The van der Waals surface area contributed by atoms with Crippen LogP contribution in [0.1, 0.15) is 69.4 Å². The van der Waals surface area contributed by atoms with Crippen LogP contribution >= 0.6 is 11.6 Å². The fourth-order valence-corrected chi connectivity index (χ4v) is 5.56. The Morgan fingerprint density at radius 3 is 2.39 bits per heavy atom. The molecule has 0 unspecified atom stereocenters. The molecule has 2 saturated carbocycles. The number of carbonyl (C=O) groups is 2. The van der Waals surface area contributed by atoms with E-state index in [-0.39, 0.29) is 18.1 Å². The summed E-state index contributed by atoms with van der Waals surface area (Å²) in [5, 5.41) is 13.4. The number of aliphatic hydroxyl groups is 1. The van der Waals surface area contributed by atoms with Crippen LogP contribution in [0.3, 0.4) is 0 Å². The molecule has 1 aliphatic heterocycles.